The smallest absolute Gasteiger partial charge is 0.235 e. The number of hydrogen-bond donors (Lipinski definition) is 0. The Balaban J connectivity index is 1.80. The van der Waals surface area contributed by atoms with Crippen molar-refractivity contribution in [3.63, 3.8) is 0 Å². The van der Waals surface area contributed by atoms with Crippen molar-refractivity contribution in [2.45, 2.75) is 44.6 Å². The highest BCUT2D eigenvalue weighted by atomic mass is 35.5. The van der Waals surface area contributed by atoms with E-state index in [2.05, 4.69) is 40.4 Å². The van der Waals surface area contributed by atoms with Gasteiger partial charge in [-0.05, 0) is 37.6 Å². The highest BCUT2D eigenvalue weighted by Crippen LogP contribution is 2.33. The van der Waals surface area contributed by atoms with Crippen molar-refractivity contribution in [3.8, 4) is 11.4 Å². The molecule has 0 N–H and O–H groups in total. The molecule has 1 saturated heterocycles. The molecular weight excluding hydrogens is 441 g/mol. The predicted octanol–water partition coefficient (Wildman–Crippen LogP) is 4.55. The van der Waals surface area contributed by atoms with Gasteiger partial charge < -0.3 is 14.4 Å². The number of thioether (sulfide) groups is 1. The molecule has 164 valence electrons. The van der Waals surface area contributed by atoms with Crippen molar-refractivity contribution in [1.29, 1.82) is 0 Å². The van der Waals surface area contributed by atoms with E-state index in [1.165, 1.54) is 11.8 Å². The molecule has 0 spiro atoms. The van der Waals surface area contributed by atoms with Crippen LogP contribution in [0.4, 0.5) is 0 Å². The minimum Gasteiger partial charge on any atom is -0.339 e. The lowest BCUT2D eigenvalue weighted by molar-refractivity contribution is -0.132. The molecule has 0 saturated carbocycles. The molecule has 9 heteroatoms. The maximum absolute atomic E-state index is 13.0. The first-order chi connectivity index (χ1) is 14.3. The summed E-state index contributed by atoms with van der Waals surface area (Å²) in [6.07, 6.45) is 0. The van der Waals surface area contributed by atoms with Gasteiger partial charge in [-0.2, -0.15) is 0 Å². The number of carbonyl (C=O) groups is 1. The van der Waals surface area contributed by atoms with Gasteiger partial charge in [0.1, 0.15) is 0 Å². The first kappa shape index (κ1) is 23.4. The van der Waals surface area contributed by atoms with E-state index in [1.54, 1.807) is 12.1 Å². The Bertz CT molecular complexity index is 880. The summed E-state index contributed by atoms with van der Waals surface area (Å²) in [4.78, 5) is 17.3. The third-order valence-corrected chi connectivity index (χ3v) is 6.81. The van der Waals surface area contributed by atoms with E-state index in [0.717, 1.165) is 50.0 Å². The van der Waals surface area contributed by atoms with Gasteiger partial charge in [0, 0.05) is 43.3 Å². The molecule has 1 unspecified atom stereocenters. The number of carbonyl (C=O) groups excluding carboxylic acids is 1. The average molecular weight is 470 g/mol. The van der Waals surface area contributed by atoms with E-state index in [-0.39, 0.29) is 11.2 Å². The van der Waals surface area contributed by atoms with Crippen LogP contribution in [0.3, 0.4) is 0 Å². The van der Waals surface area contributed by atoms with Crippen molar-refractivity contribution in [2.24, 2.45) is 5.92 Å². The topological polar surface area (TPSA) is 54.3 Å². The number of amides is 1. The molecule has 0 radical (unpaired) electrons. The number of piperazine rings is 1. The number of rotatable bonds is 7. The summed E-state index contributed by atoms with van der Waals surface area (Å²) < 4.78 is 2.06. The zero-order valence-corrected chi connectivity index (χ0v) is 20.3. The standard InChI is InChI=1S/C21H29Cl2N5OS/c1-5-26-8-10-27(11-9-26)20(29)15(4)30-21-25-24-19(28(21)13-14(2)3)17-7-6-16(22)12-18(17)23/h6-7,12,14-15H,5,8-11,13H2,1-4H3. The molecule has 0 aliphatic carbocycles. The fraction of sp³-hybridized carbons (Fsp3) is 0.571. The summed E-state index contributed by atoms with van der Waals surface area (Å²) in [5, 5.41) is 10.4. The van der Waals surface area contributed by atoms with Crippen molar-refractivity contribution in [2.75, 3.05) is 32.7 Å². The van der Waals surface area contributed by atoms with Crippen LogP contribution >= 0.6 is 35.0 Å². The first-order valence-electron chi connectivity index (χ1n) is 10.4. The molecule has 1 aliphatic rings. The second-order valence-corrected chi connectivity index (χ2v) is 10.1. The molecule has 2 heterocycles. The molecule has 1 fully saturated rings. The van der Waals surface area contributed by atoms with Crippen molar-refractivity contribution < 1.29 is 4.79 Å². The Morgan fingerprint density at radius 3 is 2.43 bits per heavy atom. The van der Waals surface area contributed by atoms with Crippen LogP contribution in [-0.2, 0) is 11.3 Å². The Hall–Kier alpha value is -1.28. The lowest BCUT2D eigenvalue weighted by Crippen LogP contribution is -2.50. The molecule has 0 bridgehead atoms. The molecule has 1 aliphatic heterocycles. The molecular formula is C21H29Cl2N5OS. The number of likely N-dealkylation sites (N-methyl/N-ethyl adjacent to an activating group) is 1. The minimum absolute atomic E-state index is 0.154. The van der Waals surface area contributed by atoms with E-state index in [4.69, 9.17) is 23.2 Å². The minimum atomic E-state index is -0.234. The zero-order chi connectivity index (χ0) is 21.8. The monoisotopic (exact) mass is 469 g/mol. The number of nitrogens with zero attached hydrogens (tertiary/aromatic N) is 5. The molecule has 1 aromatic heterocycles. The van der Waals surface area contributed by atoms with Crippen molar-refractivity contribution in [3.05, 3.63) is 28.2 Å². The van der Waals surface area contributed by atoms with Crippen LogP contribution in [0.1, 0.15) is 27.7 Å². The summed E-state index contributed by atoms with van der Waals surface area (Å²) in [7, 11) is 0. The fourth-order valence-electron chi connectivity index (χ4n) is 3.53. The van der Waals surface area contributed by atoms with Gasteiger partial charge in [-0.25, -0.2) is 0 Å². The van der Waals surface area contributed by atoms with Crippen LogP contribution in [0, 0.1) is 5.92 Å². The largest absolute Gasteiger partial charge is 0.339 e. The van der Waals surface area contributed by atoms with E-state index in [1.807, 2.05) is 17.9 Å². The Morgan fingerprint density at radius 2 is 1.83 bits per heavy atom. The Morgan fingerprint density at radius 1 is 1.13 bits per heavy atom. The van der Waals surface area contributed by atoms with Gasteiger partial charge in [-0.15, -0.1) is 10.2 Å². The second-order valence-electron chi connectivity index (χ2n) is 7.95. The normalized spacial score (nSPS) is 16.3. The molecule has 3 rings (SSSR count). The lowest BCUT2D eigenvalue weighted by atomic mass is 10.2. The van der Waals surface area contributed by atoms with E-state index in [9.17, 15) is 4.79 Å². The summed E-state index contributed by atoms with van der Waals surface area (Å²) in [5.41, 5.74) is 0.788. The summed E-state index contributed by atoms with van der Waals surface area (Å²) >= 11 is 13.9. The van der Waals surface area contributed by atoms with Crippen molar-refractivity contribution >= 4 is 40.9 Å². The maximum Gasteiger partial charge on any atom is 0.235 e. The van der Waals surface area contributed by atoms with Gasteiger partial charge in [-0.1, -0.05) is 55.7 Å². The number of halogens is 2. The highest BCUT2D eigenvalue weighted by Gasteiger charge is 2.27. The molecule has 6 nitrogen and oxygen atoms in total. The number of benzene rings is 1. The average Bonchev–Trinajstić information content (AvgIpc) is 3.08. The predicted molar refractivity (Wildman–Crippen MR) is 124 cm³/mol. The quantitative estimate of drug-likeness (QED) is 0.556. The third kappa shape index (κ3) is 5.49. The summed E-state index contributed by atoms with van der Waals surface area (Å²) in [6, 6.07) is 5.37. The van der Waals surface area contributed by atoms with E-state index < -0.39 is 0 Å². The summed E-state index contributed by atoms with van der Waals surface area (Å²) in [5.74, 6) is 1.24. The maximum atomic E-state index is 13.0. The molecule has 2 aromatic rings. The number of hydrogen-bond acceptors (Lipinski definition) is 5. The Kier molecular flexibility index (Phi) is 8.07. The van der Waals surface area contributed by atoms with Crippen LogP contribution in [0.2, 0.25) is 10.0 Å². The first-order valence-corrected chi connectivity index (χ1v) is 12.0. The van der Waals surface area contributed by atoms with Crippen LogP contribution in [-0.4, -0.2) is 68.4 Å². The third-order valence-electron chi connectivity index (χ3n) is 5.20. The van der Waals surface area contributed by atoms with Gasteiger partial charge >= 0.3 is 0 Å². The number of aromatic nitrogens is 3. The molecule has 1 aromatic carbocycles. The fourth-order valence-corrected chi connectivity index (χ4v) is 4.96. The van der Waals surface area contributed by atoms with Gasteiger partial charge in [0.2, 0.25) is 5.91 Å². The van der Waals surface area contributed by atoms with Gasteiger partial charge in [-0.3, -0.25) is 4.79 Å². The van der Waals surface area contributed by atoms with Crippen molar-refractivity contribution in [1.82, 2.24) is 24.6 Å². The van der Waals surface area contributed by atoms with Gasteiger partial charge in [0.15, 0.2) is 11.0 Å². The van der Waals surface area contributed by atoms with Crippen LogP contribution in [0.15, 0.2) is 23.4 Å². The second kappa shape index (κ2) is 10.4. The SMILES string of the molecule is CCN1CCN(C(=O)C(C)Sc2nnc(-c3ccc(Cl)cc3Cl)n2CC(C)C)CC1. The van der Waals surface area contributed by atoms with Gasteiger partial charge in [0.25, 0.3) is 0 Å². The van der Waals surface area contributed by atoms with Crippen LogP contribution < -0.4 is 0 Å². The highest BCUT2D eigenvalue weighted by molar-refractivity contribution is 8.00. The van der Waals surface area contributed by atoms with Crippen LogP contribution in [0.5, 0.6) is 0 Å². The zero-order valence-electron chi connectivity index (χ0n) is 17.9. The lowest BCUT2D eigenvalue weighted by Gasteiger charge is -2.35. The van der Waals surface area contributed by atoms with Crippen LogP contribution in [0.25, 0.3) is 11.4 Å². The van der Waals surface area contributed by atoms with E-state index in [0.29, 0.717) is 21.8 Å². The Labute approximate surface area is 192 Å². The van der Waals surface area contributed by atoms with Gasteiger partial charge in [0.05, 0.1) is 10.3 Å². The van der Waals surface area contributed by atoms with E-state index >= 15 is 0 Å². The molecule has 1 atom stereocenters. The molecule has 30 heavy (non-hydrogen) atoms. The summed E-state index contributed by atoms with van der Waals surface area (Å²) in [6.45, 7) is 13.6. The molecule has 1 amide bonds.